The Morgan fingerprint density at radius 2 is 1.92 bits per heavy atom. The van der Waals surface area contributed by atoms with E-state index in [1.165, 1.54) is 22.9 Å². The molecule has 0 fully saturated rings. The highest BCUT2D eigenvalue weighted by Crippen LogP contribution is 2.17. The topological polar surface area (TPSA) is 0 Å². The molecule has 0 saturated carbocycles. The average Bonchev–Trinajstić information content (AvgIpc) is 2.09. The van der Waals surface area contributed by atoms with Gasteiger partial charge in [-0.3, -0.25) is 0 Å². The van der Waals surface area contributed by atoms with Crippen molar-refractivity contribution in [2.75, 3.05) is 5.75 Å². The summed E-state index contributed by atoms with van der Waals surface area (Å²) in [6, 6.07) is 8.39. The van der Waals surface area contributed by atoms with Gasteiger partial charge in [0.25, 0.3) is 0 Å². The second-order valence-electron chi connectivity index (χ2n) is 2.77. The molecule has 1 aromatic carbocycles. The Balaban J connectivity index is 2.46. The fourth-order valence-corrected chi connectivity index (χ4v) is 1.84. The van der Waals surface area contributed by atoms with Crippen molar-refractivity contribution in [3.05, 3.63) is 34.3 Å². The van der Waals surface area contributed by atoms with Crippen LogP contribution in [0.5, 0.6) is 0 Å². The third kappa shape index (κ3) is 3.20. The van der Waals surface area contributed by atoms with Gasteiger partial charge in [0.1, 0.15) is 0 Å². The van der Waals surface area contributed by atoms with Crippen molar-refractivity contribution >= 4 is 28.6 Å². The van der Waals surface area contributed by atoms with E-state index in [0.29, 0.717) is 0 Å². The molecule has 0 aliphatic rings. The van der Waals surface area contributed by atoms with E-state index in [-0.39, 0.29) is 0 Å². The molecule has 0 atom stereocenters. The van der Waals surface area contributed by atoms with E-state index in [4.69, 9.17) is 0 Å². The Morgan fingerprint density at radius 3 is 2.58 bits per heavy atom. The van der Waals surface area contributed by atoms with Gasteiger partial charge in [0.2, 0.25) is 0 Å². The van der Waals surface area contributed by atoms with Gasteiger partial charge in [0.05, 0.1) is 0 Å². The fourth-order valence-electron chi connectivity index (χ4n) is 1.13. The van der Waals surface area contributed by atoms with Crippen molar-refractivity contribution < 1.29 is 0 Å². The molecule has 0 saturated heterocycles. The second-order valence-corrected chi connectivity index (χ2v) is 4.07. The first-order valence-corrected chi connectivity index (χ1v) is 5.61. The second kappa shape index (κ2) is 5.65. The van der Waals surface area contributed by atoms with Crippen molar-refractivity contribution in [3.8, 4) is 0 Å². The molecule has 0 nitrogen and oxygen atoms in total. The van der Waals surface area contributed by atoms with Gasteiger partial charge in [-0.15, -0.1) is 0 Å². The van der Waals surface area contributed by atoms with Crippen LogP contribution in [0.25, 0.3) is 0 Å². The van der Waals surface area contributed by atoms with Gasteiger partial charge in [-0.05, 0) is 36.6 Å². The summed E-state index contributed by atoms with van der Waals surface area (Å²) in [7, 11) is 0. The molecule has 1 aromatic rings. The molecule has 0 aliphatic heterocycles. The lowest BCUT2D eigenvalue weighted by Crippen LogP contribution is -1.87. The van der Waals surface area contributed by atoms with Crippen LogP contribution in [0.3, 0.4) is 0 Å². The van der Waals surface area contributed by atoms with Gasteiger partial charge in [0, 0.05) is 4.47 Å². The summed E-state index contributed by atoms with van der Waals surface area (Å²) < 4.78 is 1.23. The van der Waals surface area contributed by atoms with Gasteiger partial charge >= 0.3 is 0 Å². The highest BCUT2D eigenvalue weighted by atomic mass is 79.9. The molecule has 1 rings (SSSR count). The zero-order chi connectivity index (χ0) is 8.81. The third-order valence-corrected chi connectivity index (χ3v) is 2.90. The highest BCUT2D eigenvalue weighted by Gasteiger charge is 1.96. The summed E-state index contributed by atoms with van der Waals surface area (Å²) in [6.07, 6.45) is 3.58. The van der Waals surface area contributed by atoms with Gasteiger partial charge in [-0.25, -0.2) is 0 Å². The molecule has 0 heterocycles. The quantitative estimate of drug-likeness (QED) is 0.606. The zero-order valence-electron chi connectivity index (χ0n) is 6.96. The van der Waals surface area contributed by atoms with Crippen molar-refractivity contribution in [1.29, 1.82) is 0 Å². The third-order valence-electron chi connectivity index (χ3n) is 1.81. The Bertz CT molecular complexity index is 235. The summed E-state index contributed by atoms with van der Waals surface area (Å²) in [5, 5.41) is 0. The molecule has 0 spiro atoms. The van der Waals surface area contributed by atoms with Gasteiger partial charge in [-0.2, -0.15) is 12.6 Å². The van der Waals surface area contributed by atoms with Crippen molar-refractivity contribution in [2.45, 2.75) is 19.3 Å². The van der Waals surface area contributed by atoms with E-state index < -0.39 is 0 Å². The monoisotopic (exact) mass is 244 g/mol. The van der Waals surface area contributed by atoms with Gasteiger partial charge in [0.15, 0.2) is 0 Å². The predicted molar refractivity (Wildman–Crippen MR) is 60.9 cm³/mol. The number of unbranched alkanes of at least 4 members (excludes halogenated alkanes) is 1. The van der Waals surface area contributed by atoms with Crippen LogP contribution >= 0.6 is 28.6 Å². The summed E-state index contributed by atoms with van der Waals surface area (Å²) in [6.45, 7) is 0. The van der Waals surface area contributed by atoms with Gasteiger partial charge in [-0.1, -0.05) is 34.1 Å². The smallest absolute Gasteiger partial charge is 0.0207 e. The van der Waals surface area contributed by atoms with Gasteiger partial charge < -0.3 is 0 Å². The lowest BCUT2D eigenvalue weighted by atomic mass is 10.1. The van der Waals surface area contributed by atoms with Crippen LogP contribution in [0.15, 0.2) is 28.7 Å². The SMILES string of the molecule is SCCCCc1ccccc1Br. The summed E-state index contributed by atoms with van der Waals surface area (Å²) in [4.78, 5) is 0. The first kappa shape index (κ1) is 10.1. The fraction of sp³-hybridized carbons (Fsp3) is 0.400. The van der Waals surface area contributed by atoms with Crippen molar-refractivity contribution in [3.63, 3.8) is 0 Å². The molecular formula is C10H13BrS. The molecule has 0 radical (unpaired) electrons. The maximum atomic E-state index is 4.18. The number of aryl methyl sites for hydroxylation is 1. The molecular weight excluding hydrogens is 232 g/mol. The van der Waals surface area contributed by atoms with E-state index >= 15 is 0 Å². The number of hydrogen-bond acceptors (Lipinski definition) is 1. The Kier molecular flexibility index (Phi) is 4.77. The van der Waals surface area contributed by atoms with Crippen LogP contribution in [0, 0.1) is 0 Å². The number of benzene rings is 1. The van der Waals surface area contributed by atoms with E-state index in [2.05, 4.69) is 46.8 Å². The van der Waals surface area contributed by atoms with E-state index in [1.807, 2.05) is 6.07 Å². The average molecular weight is 245 g/mol. The summed E-state index contributed by atoms with van der Waals surface area (Å²) in [5.74, 6) is 0.991. The standard InChI is InChI=1S/C10H13BrS/c11-10-7-2-1-5-9(10)6-3-4-8-12/h1-2,5,7,12H,3-4,6,8H2. The lowest BCUT2D eigenvalue weighted by molar-refractivity contribution is 0.801. The molecule has 0 N–H and O–H groups in total. The number of rotatable bonds is 4. The first-order chi connectivity index (χ1) is 5.84. The largest absolute Gasteiger partial charge is 0.179 e. The lowest BCUT2D eigenvalue weighted by Gasteiger charge is -2.02. The number of hydrogen-bond donors (Lipinski definition) is 1. The summed E-state index contributed by atoms with van der Waals surface area (Å²) >= 11 is 7.71. The molecule has 0 aromatic heterocycles. The maximum Gasteiger partial charge on any atom is 0.0207 e. The van der Waals surface area contributed by atoms with E-state index in [9.17, 15) is 0 Å². The maximum absolute atomic E-state index is 4.18. The van der Waals surface area contributed by atoms with Crippen LogP contribution < -0.4 is 0 Å². The van der Waals surface area contributed by atoms with E-state index in [1.54, 1.807) is 0 Å². The molecule has 12 heavy (non-hydrogen) atoms. The number of thiol groups is 1. The molecule has 0 unspecified atom stereocenters. The predicted octanol–water partition coefficient (Wildman–Crippen LogP) is 3.70. The summed E-state index contributed by atoms with van der Waals surface area (Å²) in [5.41, 5.74) is 1.40. The molecule has 0 amide bonds. The van der Waals surface area contributed by atoms with Crippen LogP contribution in [-0.2, 0) is 6.42 Å². The minimum atomic E-state index is 0.991. The van der Waals surface area contributed by atoms with Crippen LogP contribution in [0.4, 0.5) is 0 Å². The minimum absolute atomic E-state index is 0.991. The van der Waals surface area contributed by atoms with Crippen LogP contribution in [0.1, 0.15) is 18.4 Å². The Labute approximate surface area is 87.9 Å². The molecule has 66 valence electrons. The van der Waals surface area contributed by atoms with Crippen LogP contribution in [-0.4, -0.2) is 5.75 Å². The number of halogens is 1. The molecule has 2 heteroatoms. The minimum Gasteiger partial charge on any atom is -0.179 e. The normalized spacial score (nSPS) is 10.2. The highest BCUT2D eigenvalue weighted by molar-refractivity contribution is 9.10. The van der Waals surface area contributed by atoms with Crippen molar-refractivity contribution in [2.24, 2.45) is 0 Å². The first-order valence-electron chi connectivity index (χ1n) is 4.19. The van der Waals surface area contributed by atoms with E-state index in [0.717, 1.165) is 12.2 Å². The Morgan fingerprint density at radius 1 is 1.17 bits per heavy atom. The van der Waals surface area contributed by atoms with Crippen LogP contribution in [0.2, 0.25) is 0 Å². The zero-order valence-corrected chi connectivity index (χ0v) is 9.44. The molecule has 0 bridgehead atoms. The molecule has 0 aliphatic carbocycles. The van der Waals surface area contributed by atoms with Crippen molar-refractivity contribution in [1.82, 2.24) is 0 Å². The Hall–Kier alpha value is 0.0500.